The molecule has 1 fully saturated rings. The van der Waals surface area contributed by atoms with Crippen LogP contribution in [-0.2, 0) is 22.7 Å². The van der Waals surface area contributed by atoms with E-state index in [-0.39, 0.29) is 18.2 Å². The molecule has 2 aliphatic rings. The molecule has 1 saturated heterocycles. The quantitative estimate of drug-likeness (QED) is 0.765. The van der Waals surface area contributed by atoms with Crippen molar-refractivity contribution in [1.82, 2.24) is 10.2 Å². The van der Waals surface area contributed by atoms with Crippen molar-refractivity contribution in [1.29, 1.82) is 0 Å². The normalized spacial score (nSPS) is 25.0. The van der Waals surface area contributed by atoms with E-state index in [1.807, 2.05) is 12.1 Å². The molecule has 2 aliphatic heterocycles. The zero-order chi connectivity index (χ0) is 15.2. The van der Waals surface area contributed by atoms with E-state index in [4.69, 9.17) is 5.73 Å². The number of benzene rings is 1. The van der Waals surface area contributed by atoms with Gasteiger partial charge in [0.25, 0.3) is 11.8 Å². The molecule has 1 aromatic rings. The third-order valence-corrected chi connectivity index (χ3v) is 4.39. The first kappa shape index (κ1) is 13.8. The first-order valence-corrected chi connectivity index (χ1v) is 6.94. The minimum atomic E-state index is -0.979. The third-order valence-electron chi connectivity index (χ3n) is 4.39. The Labute approximate surface area is 122 Å². The number of carbonyl (C=O) groups excluding carboxylic acids is 3. The van der Waals surface area contributed by atoms with E-state index >= 15 is 0 Å². The van der Waals surface area contributed by atoms with Crippen LogP contribution < -0.4 is 11.1 Å². The summed E-state index contributed by atoms with van der Waals surface area (Å²) >= 11 is 0. The lowest BCUT2D eigenvalue weighted by atomic mass is 9.89. The molecular weight excluding hydrogens is 270 g/mol. The molecule has 3 N–H and O–H groups in total. The van der Waals surface area contributed by atoms with Gasteiger partial charge in [0, 0.05) is 25.1 Å². The summed E-state index contributed by atoms with van der Waals surface area (Å²) in [6.45, 7) is 2.50. The van der Waals surface area contributed by atoms with Gasteiger partial charge in [0.1, 0.15) is 5.54 Å². The molecule has 1 aromatic carbocycles. The molecule has 21 heavy (non-hydrogen) atoms. The Morgan fingerprint density at radius 3 is 2.76 bits per heavy atom. The number of carbonyl (C=O) groups is 3. The number of nitrogens with zero attached hydrogens (tertiary/aromatic N) is 1. The van der Waals surface area contributed by atoms with Crippen LogP contribution in [0.15, 0.2) is 18.2 Å². The zero-order valence-corrected chi connectivity index (χ0v) is 11.8. The van der Waals surface area contributed by atoms with Crippen molar-refractivity contribution in [2.45, 2.75) is 38.4 Å². The van der Waals surface area contributed by atoms with Crippen LogP contribution in [0.25, 0.3) is 0 Å². The fourth-order valence-electron chi connectivity index (χ4n) is 2.95. The summed E-state index contributed by atoms with van der Waals surface area (Å²) in [6, 6.07) is 5.49. The molecule has 0 saturated carbocycles. The molecular formula is C15H17N3O3. The van der Waals surface area contributed by atoms with Crippen molar-refractivity contribution in [3.63, 3.8) is 0 Å². The zero-order valence-electron chi connectivity index (χ0n) is 11.8. The predicted octanol–water partition coefficient (Wildman–Crippen LogP) is 0.296. The number of imide groups is 1. The van der Waals surface area contributed by atoms with Gasteiger partial charge in [-0.3, -0.25) is 19.7 Å². The number of piperidine rings is 1. The molecule has 3 rings (SSSR count). The second-order valence-corrected chi connectivity index (χ2v) is 5.74. The molecule has 110 valence electrons. The molecule has 0 aliphatic carbocycles. The Kier molecular flexibility index (Phi) is 3.06. The Balaban J connectivity index is 1.93. The van der Waals surface area contributed by atoms with Gasteiger partial charge in [-0.15, -0.1) is 0 Å². The van der Waals surface area contributed by atoms with Crippen molar-refractivity contribution < 1.29 is 14.4 Å². The Morgan fingerprint density at radius 2 is 2.10 bits per heavy atom. The molecule has 6 nitrogen and oxygen atoms in total. The lowest BCUT2D eigenvalue weighted by molar-refractivity contribution is -0.142. The summed E-state index contributed by atoms with van der Waals surface area (Å²) in [6.07, 6.45) is 0.595. The van der Waals surface area contributed by atoms with Crippen molar-refractivity contribution in [3.05, 3.63) is 34.9 Å². The van der Waals surface area contributed by atoms with Crippen molar-refractivity contribution in [2.24, 2.45) is 5.73 Å². The molecule has 0 spiro atoms. The summed E-state index contributed by atoms with van der Waals surface area (Å²) in [7, 11) is 0. The number of nitrogens with one attached hydrogen (secondary N) is 1. The molecule has 2 heterocycles. The maximum absolute atomic E-state index is 12.6. The van der Waals surface area contributed by atoms with E-state index in [1.54, 1.807) is 17.9 Å². The molecule has 0 bridgehead atoms. The lowest BCUT2D eigenvalue weighted by Gasteiger charge is -2.39. The topological polar surface area (TPSA) is 92.5 Å². The number of nitrogens with two attached hydrogens (primary N) is 1. The fourth-order valence-corrected chi connectivity index (χ4v) is 2.95. The monoisotopic (exact) mass is 287 g/mol. The largest absolute Gasteiger partial charge is 0.326 e. The van der Waals surface area contributed by atoms with Gasteiger partial charge in [0.2, 0.25) is 5.91 Å². The number of fused-ring (bicyclic) bond motifs is 1. The maximum Gasteiger partial charge on any atom is 0.255 e. The third kappa shape index (κ3) is 2.03. The second-order valence-electron chi connectivity index (χ2n) is 5.74. The van der Waals surface area contributed by atoms with Crippen LogP contribution in [0.4, 0.5) is 0 Å². The van der Waals surface area contributed by atoms with Gasteiger partial charge >= 0.3 is 0 Å². The van der Waals surface area contributed by atoms with E-state index in [9.17, 15) is 14.4 Å². The Hall–Kier alpha value is -2.21. The SMILES string of the molecule is C[C@@]1(N2Cc3cc(CN)ccc3C2=O)CCC(=O)NC1=O. The molecule has 0 radical (unpaired) electrons. The van der Waals surface area contributed by atoms with Crippen molar-refractivity contribution >= 4 is 17.7 Å². The van der Waals surface area contributed by atoms with E-state index in [0.717, 1.165) is 11.1 Å². The minimum Gasteiger partial charge on any atom is -0.326 e. The predicted molar refractivity (Wildman–Crippen MR) is 75.0 cm³/mol. The van der Waals surface area contributed by atoms with Gasteiger partial charge in [-0.05, 0) is 30.5 Å². The van der Waals surface area contributed by atoms with Gasteiger partial charge < -0.3 is 10.6 Å². The van der Waals surface area contributed by atoms with Crippen LogP contribution in [-0.4, -0.2) is 28.2 Å². The lowest BCUT2D eigenvalue weighted by Crippen LogP contribution is -2.61. The van der Waals surface area contributed by atoms with E-state index in [2.05, 4.69) is 5.32 Å². The highest BCUT2D eigenvalue weighted by atomic mass is 16.2. The number of amides is 3. The van der Waals surface area contributed by atoms with E-state index in [1.165, 1.54) is 0 Å². The Morgan fingerprint density at radius 1 is 1.33 bits per heavy atom. The van der Waals surface area contributed by atoms with Crippen LogP contribution in [0, 0.1) is 0 Å². The standard InChI is InChI=1S/C15H17N3O3/c1-15(5-4-12(19)17-14(15)21)18-8-10-6-9(7-16)2-3-11(10)13(18)20/h2-3,6H,4-5,7-8,16H2,1H3,(H,17,19,21)/t15-/m1/s1. The molecule has 0 aromatic heterocycles. The number of rotatable bonds is 2. The maximum atomic E-state index is 12.6. The summed E-state index contributed by atoms with van der Waals surface area (Å²) in [4.78, 5) is 37.6. The van der Waals surface area contributed by atoms with Crippen molar-refractivity contribution in [3.8, 4) is 0 Å². The molecule has 3 amide bonds. The fraction of sp³-hybridized carbons (Fsp3) is 0.400. The van der Waals surface area contributed by atoms with Gasteiger partial charge in [-0.2, -0.15) is 0 Å². The minimum absolute atomic E-state index is 0.166. The number of hydrogen-bond donors (Lipinski definition) is 2. The van der Waals surface area contributed by atoms with Crippen LogP contribution in [0.3, 0.4) is 0 Å². The van der Waals surface area contributed by atoms with Crippen LogP contribution in [0.2, 0.25) is 0 Å². The molecule has 6 heteroatoms. The molecule has 1 atom stereocenters. The van der Waals surface area contributed by atoms with E-state index < -0.39 is 11.4 Å². The second kappa shape index (κ2) is 4.66. The van der Waals surface area contributed by atoms with Gasteiger partial charge in [0.05, 0.1) is 0 Å². The summed E-state index contributed by atoms with van der Waals surface area (Å²) in [5.41, 5.74) is 7.09. The average Bonchev–Trinajstić information content (AvgIpc) is 2.80. The molecule has 0 unspecified atom stereocenters. The summed E-state index contributed by atoms with van der Waals surface area (Å²) in [5, 5.41) is 2.32. The first-order valence-electron chi connectivity index (χ1n) is 6.94. The highest BCUT2D eigenvalue weighted by molar-refractivity contribution is 6.07. The smallest absolute Gasteiger partial charge is 0.255 e. The highest BCUT2D eigenvalue weighted by Gasteiger charge is 2.48. The van der Waals surface area contributed by atoms with E-state index in [0.29, 0.717) is 25.1 Å². The van der Waals surface area contributed by atoms with Gasteiger partial charge in [0.15, 0.2) is 0 Å². The van der Waals surface area contributed by atoms with Crippen LogP contribution in [0.1, 0.15) is 41.3 Å². The summed E-state index contributed by atoms with van der Waals surface area (Å²) in [5.74, 6) is -0.855. The van der Waals surface area contributed by atoms with Crippen LogP contribution in [0.5, 0.6) is 0 Å². The number of hydrogen-bond acceptors (Lipinski definition) is 4. The highest BCUT2D eigenvalue weighted by Crippen LogP contribution is 2.34. The van der Waals surface area contributed by atoms with Gasteiger partial charge in [-0.1, -0.05) is 12.1 Å². The first-order chi connectivity index (χ1) is 9.95. The van der Waals surface area contributed by atoms with Gasteiger partial charge in [-0.25, -0.2) is 0 Å². The van der Waals surface area contributed by atoms with Crippen molar-refractivity contribution in [2.75, 3.05) is 0 Å². The Bertz CT molecular complexity index is 656. The average molecular weight is 287 g/mol. The van der Waals surface area contributed by atoms with Crippen LogP contribution >= 0.6 is 0 Å². The summed E-state index contributed by atoms with van der Waals surface area (Å²) < 4.78 is 0.